The second-order valence-corrected chi connectivity index (χ2v) is 0. The van der Waals surface area contributed by atoms with Gasteiger partial charge in [0.05, 0.1) is 0 Å². The Morgan fingerprint density at radius 2 is 1.25 bits per heavy atom. The Hall–Kier alpha value is 2.13. The van der Waals surface area contributed by atoms with E-state index in [1.54, 1.807) is 0 Å². The Balaban J connectivity index is -0.00000000500. The fraction of sp³-hybridized carbons (Fsp3) is 1.00. The minimum atomic E-state index is 0. The zero-order chi connectivity index (χ0) is 2.00. The van der Waals surface area contributed by atoms with Gasteiger partial charge in [0.1, 0.15) is 0 Å². The number of alkyl halides is 1. The molecule has 0 amide bonds. The third-order valence-electron chi connectivity index (χ3n) is 0. The van der Waals surface area contributed by atoms with Gasteiger partial charge >= 0.3 is 42.8 Å². The van der Waals surface area contributed by atoms with E-state index in [9.17, 15) is 0 Å². The third kappa shape index (κ3) is 8.92. The van der Waals surface area contributed by atoms with Crippen LogP contribution in [0.1, 0.15) is 0 Å². The molecule has 0 atom stereocenters. The molecule has 0 aromatic rings. The van der Waals surface area contributed by atoms with Crippen molar-refractivity contribution in [2.45, 2.75) is 0 Å². The van der Waals surface area contributed by atoms with E-state index >= 15 is 0 Å². The van der Waals surface area contributed by atoms with Crippen LogP contribution in [0.15, 0.2) is 0 Å². The molecule has 0 bridgehead atoms. The molecule has 0 unspecified atom stereocenters. The van der Waals surface area contributed by atoms with Gasteiger partial charge < -0.3 is 0 Å². The van der Waals surface area contributed by atoms with Gasteiger partial charge in [-0.25, -0.2) is 0 Å². The normalized spacial score (nSPS) is 1.50. The average molecular weight is 241 g/mol. The average Bonchev–Trinajstić information content (AvgIpc) is 1.00. The summed E-state index contributed by atoms with van der Waals surface area (Å²) in [5.74, 6) is 0. The maximum atomic E-state index is 2.15. The third-order valence-corrected chi connectivity index (χ3v) is 0. The van der Waals surface area contributed by atoms with Gasteiger partial charge in [-0.15, -0.1) is 0 Å². The van der Waals surface area contributed by atoms with Crippen molar-refractivity contribution in [3.05, 3.63) is 0 Å². The number of halogens is 1. The molecule has 0 saturated heterocycles. The molecule has 0 aliphatic carbocycles. The van der Waals surface area contributed by atoms with Crippen molar-refractivity contribution in [2.24, 2.45) is 0 Å². The summed E-state index contributed by atoms with van der Waals surface area (Å²) >= 11 is 2.15. The van der Waals surface area contributed by atoms with Crippen LogP contribution in [0, 0.1) is 0 Å². The van der Waals surface area contributed by atoms with Crippen LogP contribution in [-0.4, -0.2) is 47.8 Å². The van der Waals surface area contributed by atoms with Crippen LogP contribution in [0.4, 0.5) is 0 Å². The van der Waals surface area contributed by atoms with Gasteiger partial charge in [-0.05, 0) is 4.93 Å². The molecule has 24 valence electrons. The fourth-order valence-corrected chi connectivity index (χ4v) is 0. The van der Waals surface area contributed by atoms with Gasteiger partial charge in [-0.1, -0.05) is 22.6 Å². The topological polar surface area (TPSA) is 0 Å². The summed E-state index contributed by atoms with van der Waals surface area (Å²) in [6.07, 6.45) is 0. The molecule has 0 radical (unpaired) electrons. The molecule has 3 heteroatoms. The second-order valence-electron chi connectivity index (χ2n) is 0. The molecule has 0 nitrogen and oxygen atoms in total. The van der Waals surface area contributed by atoms with Crippen molar-refractivity contribution in [1.29, 1.82) is 0 Å². The monoisotopic (exact) mass is 240 g/mol. The Labute approximate surface area is 69.5 Å². The molecule has 0 aromatic heterocycles. The van der Waals surface area contributed by atoms with E-state index in [1.807, 2.05) is 4.93 Å². The molecule has 0 aromatic carbocycles. The van der Waals surface area contributed by atoms with Gasteiger partial charge in [-0.2, -0.15) is 0 Å². The molecular formula is CH8GaIMg. The predicted octanol–water partition coefficient (Wildman–Crippen LogP) is -1.05. The van der Waals surface area contributed by atoms with Crippen LogP contribution in [0.2, 0.25) is 0 Å². The molecular weight excluding hydrogens is 233 g/mol. The second kappa shape index (κ2) is 19.3. The Morgan fingerprint density at radius 1 is 1.25 bits per heavy atom. The Kier molecular flexibility index (Phi) is 79.3. The summed E-state index contributed by atoms with van der Waals surface area (Å²) in [5.41, 5.74) is 0. The van der Waals surface area contributed by atoms with E-state index < -0.39 is 0 Å². The first kappa shape index (κ1) is 16.5. The summed E-state index contributed by atoms with van der Waals surface area (Å²) in [5, 5.41) is 0. The minimum absolute atomic E-state index is 0. The van der Waals surface area contributed by atoms with Gasteiger partial charge in [0, 0.05) is 0 Å². The summed E-state index contributed by atoms with van der Waals surface area (Å²) < 4.78 is 0. The molecule has 0 N–H and O–H groups in total. The number of hydrogen-bond donors (Lipinski definition) is 0. The van der Waals surface area contributed by atoms with Crippen LogP contribution < -0.4 is 0 Å². The van der Waals surface area contributed by atoms with Crippen molar-refractivity contribution >= 4 is 65.4 Å². The number of hydrogen-bond acceptors (Lipinski definition) is 0. The van der Waals surface area contributed by atoms with Crippen molar-refractivity contribution < 1.29 is 0 Å². The van der Waals surface area contributed by atoms with Gasteiger partial charge in [0.2, 0.25) is 0 Å². The largest absolute Gasteiger partial charge is 0.316 e. The smallest absolute Gasteiger partial charge is 0.316 e. The maximum absolute atomic E-state index is 2.15. The van der Waals surface area contributed by atoms with Crippen LogP contribution in [0.25, 0.3) is 0 Å². The summed E-state index contributed by atoms with van der Waals surface area (Å²) in [6, 6.07) is 0. The number of rotatable bonds is 0. The molecule has 0 saturated carbocycles. The van der Waals surface area contributed by atoms with Crippen molar-refractivity contribution in [1.82, 2.24) is 0 Å². The van der Waals surface area contributed by atoms with E-state index in [4.69, 9.17) is 0 Å². The van der Waals surface area contributed by atoms with Gasteiger partial charge in [0.15, 0.2) is 0 Å². The van der Waals surface area contributed by atoms with Crippen LogP contribution in [0.3, 0.4) is 0 Å². The summed E-state index contributed by atoms with van der Waals surface area (Å²) in [7, 11) is 0. The Morgan fingerprint density at radius 3 is 1.25 bits per heavy atom. The summed E-state index contributed by atoms with van der Waals surface area (Å²) in [6.45, 7) is 0. The minimum Gasteiger partial charge on any atom is 0.316 e. The van der Waals surface area contributed by atoms with E-state index in [-0.39, 0.29) is 42.8 Å². The Bertz CT molecular complexity index is 8.00. The quantitative estimate of drug-likeness (QED) is 0.288. The molecule has 0 heterocycles. The first-order valence-electron chi connectivity index (χ1n) is 0.378. The molecule has 0 aliphatic heterocycles. The van der Waals surface area contributed by atoms with Crippen LogP contribution in [0.5, 0.6) is 0 Å². The molecule has 4 heavy (non-hydrogen) atoms. The molecule has 0 aliphatic rings. The van der Waals surface area contributed by atoms with E-state index in [0.717, 1.165) is 0 Å². The molecule has 0 rings (SSSR count). The summed E-state index contributed by atoms with van der Waals surface area (Å²) in [4.78, 5) is 1.97. The van der Waals surface area contributed by atoms with Crippen LogP contribution in [-0.2, 0) is 0 Å². The zero-order valence-corrected chi connectivity index (χ0v) is 3.54. The first-order valence-corrected chi connectivity index (χ1v) is 2.54. The van der Waals surface area contributed by atoms with Gasteiger partial charge in [0.25, 0.3) is 0 Å². The van der Waals surface area contributed by atoms with Crippen molar-refractivity contribution in [3.63, 3.8) is 0 Å². The van der Waals surface area contributed by atoms with E-state index in [1.165, 1.54) is 0 Å². The van der Waals surface area contributed by atoms with Crippen molar-refractivity contribution in [3.8, 4) is 0 Å². The predicted molar refractivity (Wildman–Crippen MR) is 38.4 cm³/mol. The zero-order valence-electron chi connectivity index (χ0n) is 1.38. The maximum Gasteiger partial charge on any atom is 0.316 e. The first-order chi connectivity index (χ1) is 1.00. The van der Waals surface area contributed by atoms with Crippen molar-refractivity contribution in [2.75, 3.05) is 4.93 Å². The fourth-order valence-electron chi connectivity index (χ4n) is 0. The molecule has 0 spiro atoms. The molecule has 0 fully saturated rings. The van der Waals surface area contributed by atoms with E-state index in [2.05, 4.69) is 22.6 Å². The van der Waals surface area contributed by atoms with Gasteiger partial charge in [-0.3, -0.25) is 0 Å². The van der Waals surface area contributed by atoms with E-state index in [0.29, 0.717) is 0 Å². The standard InChI is InChI=1S/CH3I.Ga.Mg.5H/c1-2;;;;;;;/h1H3;;;;;;;. The van der Waals surface area contributed by atoms with Crippen LogP contribution >= 0.6 is 22.6 Å². The SMILES string of the molecule is CI.[GaH3].[MgH2].